The van der Waals surface area contributed by atoms with Gasteiger partial charge in [-0.05, 0) is 74.6 Å². The Morgan fingerprint density at radius 1 is 0.800 bits per heavy atom. The Labute approximate surface area is 268 Å². The molecule has 2 unspecified atom stereocenters. The first-order valence-electron chi connectivity index (χ1n) is 15.3. The second kappa shape index (κ2) is 15.0. The molecule has 236 valence electrons. The number of rotatable bonds is 13. The van der Waals surface area contributed by atoms with Crippen molar-refractivity contribution in [2.24, 2.45) is 0 Å². The van der Waals surface area contributed by atoms with E-state index >= 15 is 0 Å². The number of benzene rings is 4. The highest BCUT2D eigenvalue weighted by molar-refractivity contribution is 7.92. The van der Waals surface area contributed by atoms with Crippen molar-refractivity contribution in [2.45, 2.75) is 71.0 Å². The van der Waals surface area contributed by atoms with E-state index in [0.717, 1.165) is 34.2 Å². The molecule has 4 aromatic carbocycles. The van der Waals surface area contributed by atoms with Crippen LogP contribution in [0.5, 0.6) is 0 Å². The molecule has 1 N–H and O–H groups in total. The Morgan fingerprint density at radius 2 is 1.42 bits per heavy atom. The highest BCUT2D eigenvalue weighted by Crippen LogP contribution is 2.29. The lowest BCUT2D eigenvalue weighted by molar-refractivity contribution is -0.140. The van der Waals surface area contributed by atoms with Crippen LogP contribution in [0.1, 0.15) is 48.1 Å². The Kier molecular flexibility index (Phi) is 11.2. The van der Waals surface area contributed by atoms with Gasteiger partial charge in [-0.2, -0.15) is 0 Å². The van der Waals surface area contributed by atoms with Crippen molar-refractivity contribution in [3.8, 4) is 0 Å². The molecular formula is C37H43N3O4S. The molecule has 0 bridgehead atoms. The first kappa shape index (κ1) is 33.5. The third-order valence-corrected chi connectivity index (χ3v) is 9.94. The van der Waals surface area contributed by atoms with Crippen LogP contribution in [0.3, 0.4) is 0 Å². The zero-order chi connectivity index (χ0) is 32.6. The van der Waals surface area contributed by atoms with E-state index < -0.39 is 28.5 Å². The zero-order valence-electron chi connectivity index (χ0n) is 26.7. The van der Waals surface area contributed by atoms with Crippen LogP contribution in [0.4, 0.5) is 5.69 Å². The summed E-state index contributed by atoms with van der Waals surface area (Å²) in [6.45, 7) is 9.31. The summed E-state index contributed by atoms with van der Waals surface area (Å²) in [5.41, 5.74) is 4.85. The van der Waals surface area contributed by atoms with Crippen LogP contribution in [0.25, 0.3) is 0 Å². The maximum Gasteiger partial charge on any atom is 0.264 e. The van der Waals surface area contributed by atoms with Crippen LogP contribution in [-0.4, -0.2) is 43.8 Å². The lowest BCUT2D eigenvalue weighted by Crippen LogP contribution is -2.54. The molecule has 45 heavy (non-hydrogen) atoms. The van der Waals surface area contributed by atoms with E-state index in [-0.39, 0.29) is 29.8 Å². The molecule has 7 nitrogen and oxygen atoms in total. The normalized spacial score (nSPS) is 12.6. The van der Waals surface area contributed by atoms with Crippen LogP contribution in [0.15, 0.2) is 108 Å². The van der Waals surface area contributed by atoms with Crippen molar-refractivity contribution >= 4 is 27.5 Å². The van der Waals surface area contributed by atoms with Gasteiger partial charge in [-0.25, -0.2) is 8.42 Å². The number of aryl methyl sites for hydroxylation is 2. The van der Waals surface area contributed by atoms with Gasteiger partial charge in [-0.1, -0.05) is 97.4 Å². The SMILES string of the molecule is CCC(C)NC(=O)C(Cc1ccccc1)N(Cc1cccc(C)c1)C(=O)CN(c1cccc(C)c1C)S(=O)(=O)c1ccccc1. The van der Waals surface area contributed by atoms with E-state index in [1.54, 1.807) is 30.3 Å². The number of hydrogen-bond acceptors (Lipinski definition) is 4. The van der Waals surface area contributed by atoms with E-state index in [9.17, 15) is 18.0 Å². The summed E-state index contributed by atoms with van der Waals surface area (Å²) < 4.78 is 29.6. The maximum absolute atomic E-state index is 14.6. The Balaban J connectivity index is 1.83. The Hall–Kier alpha value is -4.43. The monoisotopic (exact) mass is 625 g/mol. The van der Waals surface area contributed by atoms with Crippen LogP contribution in [0, 0.1) is 20.8 Å². The number of amides is 2. The van der Waals surface area contributed by atoms with Crippen molar-refractivity contribution in [3.05, 3.63) is 131 Å². The van der Waals surface area contributed by atoms with Gasteiger partial charge < -0.3 is 10.2 Å². The van der Waals surface area contributed by atoms with Crippen LogP contribution < -0.4 is 9.62 Å². The smallest absolute Gasteiger partial charge is 0.264 e. The number of carbonyl (C=O) groups is 2. The molecule has 0 fully saturated rings. The summed E-state index contributed by atoms with van der Waals surface area (Å²) >= 11 is 0. The molecule has 0 saturated heterocycles. The van der Waals surface area contributed by atoms with Crippen molar-refractivity contribution in [1.29, 1.82) is 0 Å². The van der Waals surface area contributed by atoms with Gasteiger partial charge in [-0.3, -0.25) is 13.9 Å². The molecule has 0 heterocycles. The van der Waals surface area contributed by atoms with Crippen molar-refractivity contribution in [2.75, 3.05) is 10.8 Å². The molecule has 0 saturated carbocycles. The number of carbonyl (C=O) groups excluding carboxylic acids is 2. The lowest BCUT2D eigenvalue weighted by atomic mass is 10.0. The van der Waals surface area contributed by atoms with Gasteiger partial charge >= 0.3 is 0 Å². The summed E-state index contributed by atoms with van der Waals surface area (Å²) in [6.07, 6.45) is 1.00. The number of sulfonamides is 1. The number of anilines is 1. The van der Waals surface area contributed by atoms with E-state index in [1.807, 2.05) is 95.3 Å². The molecule has 4 rings (SSSR count). The Bertz CT molecular complexity index is 1710. The summed E-state index contributed by atoms with van der Waals surface area (Å²) in [5, 5.41) is 3.08. The van der Waals surface area contributed by atoms with E-state index in [4.69, 9.17) is 0 Å². The van der Waals surface area contributed by atoms with E-state index in [2.05, 4.69) is 5.32 Å². The molecule has 0 radical (unpaired) electrons. The number of nitrogens with one attached hydrogen (secondary N) is 1. The zero-order valence-corrected chi connectivity index (χ0v) is 27.6. The molecule has 8 heteroatoms. The highest BCUT2D eigenvalue weighted by Gasteiger charge is 2.35. The van der Waals surface area contributed by atoms with Gasteiger partial charge in [-0.15, -0.1) is 0 Å². The predicted molar refractivity (Wildman–Crippen MR) is 180 cm³/mol. The van der Waals surface area contributed by atoms with Crippen LogP contribution >= 0.6 is 0 Å². The summed E-state index contributed by atoms with van der Waals surface area (Å²) in [6, 6.07) is 29.9. The number of hydrogen-bond donors (Lipinski definition) is 1. The Morgan fingerprint density at radius 3 is 2.07 bits per heavy atom. The summed E-state index contributed by atoms with van der Waals surface area (Å²) in [5.74, 6) is -0.754. The fourth-order valence-electron chi connectivity index (χ4n) is 5.24. The summed E-state index contributed by atoms with van der Waals surface area (Å²) in [7, 11) is -4.14. The van der Waals surface area contributed by atoms with Gasteiger partial charge in [0.05, 0.1) is 10.6 Å². The molecule has 2 amide bonds. The van der Waals surface area contributed by atoms with Gasteiger partial charge in [0.2, 0.25) is 11.8 Å². The summed E-state index contributed by atoms with van der Waals surface area (Å²) in [4.78, 5) is 30.2. The fraction of sp³-hybridized carbons (Fsp3) is 0.297. The van der Waals surface area contributed by atoms with E-state index in [1.165, 1.54) is 21.3 Å². The van der Waals surface area contributed by atoms with Crippen molar-refractivity contribution in [1.82, 2.24) is 10.2 Å². The average molecular weight is 626 g/mol. The first-order valence-corrected chi connectivity index (χ1v) is 16.8. The second-order valence-electron chi connectivity index (χ2n) is 11.6. The first-order chi connectivity index (χ1) is 21.5. The average Bonchev–Trinajstić information content (AvgIpc) is 3.03. The lowest BCUT2D eigenvalue weighted by Gasteiger charge is -2.34. The minimum Gasteiger partial charge on any atom is -0.352 e. The molecule has 0 aliphatic carbocycles. The minimum absolute atomic E-state index is 0.0827. The van der Waals surface area contributed by atoms with Crippen molar-refractivity contribution in [3.63, 3.8) is 0 Å². The quantitative estimate of drug-likeness (QED) is 0.187. The molecule has 0 aliphatic heterocycles. The molecular weight excluding hydrogens is 582 g/mol. The standard InChI is InChI=1S/C37H43N3O4S/c1-6-29(4)38-37(42)35(24-31-17-9-7-10-18-31)39(25-32-19-13-15-27(2)23-32)36(41)26-40(34-22-14-16-28(3)30(34)5)45(43,44)33-20-11-8-12-21-33/h7-23,29,35H,6,24-26H2,1-5H3,(H,38,42). The van der Waals surface area contributed by atoms with Crippen molar-refractivity contribution < 1.29 is 18.0 Å². The van der Waals surface area contributed by atoms with Gasteiger partial charge in [0.25, 0.3) is 10.0 Å². The molecule has 2 atom stereocenters. The number of nitrogens with zero attached hydrogens (tertiary/aromatic N) is 2. The molecule has 0 aliphatic rings. The minimum atomic E-state index is -4.14. The topological polar surface area (TPSA) is 86.8 Å². The van der Waals surface area contributed by atoms with Crippen LogP contribution in [-0.2, 0) is 32.6 Å². The third-order valence-electron chi connectivity index (χ3n) is 8.16. The fourth-order valence-corrected chi connectivity index (χ4v) is 6.73. The van der Waals surface area contributed by atoms with Crippen LogP contribution in [0.2, 0.25) is 0 Å². The van der Waals surface area contributed by atoms with Gasteiger partial charge in [0.15, 0.2) is 0 Å². The van der Waals surface area contributed by atoms with Gasteiger partial charge in [0, 0.05) is 19.0 Å². The van der Waals surface area contributed by atoms with E-state index in [0.29, 0.717) is 5.69 Å². The molecule has 0 spiro atoms. The highest BCUT2D eigenvalue weighted by atomic mass is 32.2. The van der Waals surface area contributed by atoms with Gasteiger partial charge in [0.1, 0.15) is 12.6 Å². The second-order valence-corrected chi connectivity index (χ2v) is 13.4. The maximum atomic E-state index is 14.6. The predicted octanol–water partition coefficient (Wildman–Crippen LogP) is 6.36. The third kappa shape index (κ3) is 8.39. The molecule has 4 aromatic rings. The molecule has 0 aromatic heterocycles. The largest absolute Gasteiger partial charge is 0.352 e.